The normalized spacial score (nSPS) is 13.1. The maximum atomic E-state index is 12.3. The van der Waals surface area contributed by atoms with Gasteiger partial charge in [0, 0.05) is 13.1 Å². The Bertz CT molecular complexity index is 950. The fourth-order valence-corrected chi connectivity index (χ4v) is 3.52. The summed E-state index contributed by atoms with van der Waals surface area (Å²) in [7, 11) is 0. The van der Waals surface area contributed by atoms with Gasteiger partial charge in [-0.25, -0.2) is 4.98 Å². The third-order valence-corrected chi connectivity index (χ3v) is 5.10. The van der Waals surface area contributed by atoms with Crippen LogP contribution in [0.15, 0.2) is 66.9 Å². The first kappa shape index (κ1) is 17.3. The van der Waals surface area contributed by atoms with Gasteiger partial charge in [0.2, 0.25) is 5.91 Å². The first-order chi connectivity index (χ1) is 13.2. The number of amides is 1. The highest BCUT2D eigenvalue weighted by molar-refractivity contribution is 5.92. The molecule has 3 aromatic rings. The van der Waals surface area contributed by atoms with Gasteiger partial charge in [-0.05, 0) is 47.7 Å². The van der Waals surface area contributed by atoms with Gasteiger partial charge in [-0.3, -0.25) is 4.79 Å². The Labute approximate surface area is 159 Å². The number of aromatic nitrogens is 1. The summed E-state index contributed by atoms with van der Waals surface area (Å²) in [5.41, 5.74) is 5.70. The van der Waals surface area contributed by atoms with E-state index in [1.807, 2.05) is 43.3 Å². The molecule has 0 saturated heterocycles. The first-order valence-electron chi connectivity index (χ1n) is 9.31. The molecular weight excluding hydrogens is 334 g/mol. The van der Waals surface area contributed by atoms with Gasteiger partial charge < -0.3 is 10.2 Å². The molecule has 1 amide bonds. The molecular formula is C23H23N3O. The van der Waals surface area contributed by atoms with Gasteiger partial charge >= 0.3 is 0 Å². The van der Waals surface area contributed by atoms with E-state index in [0.717, 1.165) is 42.1 Å². The molecule has 0 bridgehead atoms. The molecule has 1 N–H and O–H groups in total. The summed E-state index contributed by atoms with van der Waals surface area (Å²) in [6.45, 7) is 3.86. The molecule has 0 aliphatic carbocycles. The van der Waals surface area contributed by atoms with E-state index in [4.69, 9.17) is 0 Å². The zero-order chi connectivity index (χ0) is 18.6. The van der Waals surface area contributed by atoms with E-state index in [9.17, 15) is 4.79 Å². The second-order valence-electron chi connectivity index (χ2n) is 7.00. The van der Waals surface area contributed by atoms with Crippen LogP contribution in [-0.4, -0.2) is 17.4 Å². The number of carbonyl (C=O) groups is 1. The quantitative estimate of drug-likeness (QED) is 0.763. The second-order valence-corrected chi connectivity index (χ2v) is 7.00. The zero-order valence-corrected chi connectivity index (χ0v) is 15.5. The third-order valence-electron chi connectivity index (χ3n) is 5.10. The minimum Gasteiger partial charge on any atom is -0.352 e. The number of aryl methyl sites for hydroxylation is 1. The Morgan fingerprint density at radius 1 is 1.04 bits per heavy atom. The number of hydrogen-bond acceptors (Lipinski definition) is 3. The zero-order valence-electron chi connectivity index (χ0n) is 15.5. The fraction of sp³-hybridized carbons (Fsp3) is 0.217. The minimum absolute atomic E-state index is 0.0225. The van der Waals surface area contributed by atoms with Crippen LogP contribution < -0.4 is 10.2 Å². The van der Waals surface area contributed by atoms with Gasteiger partial charge in [0.1, 0.15) is 5.82 Å². The van der Waals surface area contributed by atoms with Gasteiger partial charge in [-0.15, -0.1) is 0 Å². The monoisotopic (exact) mass is 357 g/mol. The molecule has 4 rings (SSSR count). The van der Waals surface area contributed by atoms with E-state index < -0.39 is 0 Å². The van der Waals surface area contributed by atoms with Crippen molar-refractivity contribution in [2.45, 2.75) is 26.3 Å². The maximum absolute atomic E-state index is 12.3. The van der Waals surface area contributed by atoms with E-state index in [1.54, 1.807) is 6.20 Å². The summed E-state index contributed by atoms with van der Waals surface area (Å²) in [6.07, 6.45) is 3.15. The standard InChI is InChI=1S/C23H23N3O/c1-17-6-2-3-8-19(17)14-23(27)25-21-10-11-22(24-15-21)26-13-12-18-7-4-5-9-20(18)16-26/h2-11,15H,12-14,16H2,1H3,(H,25,27). The molecule has 1 aliphatic rings. The van der Waals surface area contributed by atoms with Crippen molar-refractivity contribution >= 4 is 17.4 Å². The number of nitrogens with one attached hydrogen (secondary N) is 1. The summed E-state index contributed by atoms with van der Waals surface area (Å²) in [5.74, 6) is 0.923. The van der Waals surface area contributed by atoms with Crippen LogP contribution in [0.2, 0.25) is 0 Å². The Hall–Kier alpha value is -3.14. The van der Waals surface area contributed by atoms with Gasteiger partial charge in [-0.2, -0.15) is 0 Å². The van der Waals surface area contributed by atoms with Gasteiger partial charge in [0.15, 0.2) is 0 Å². The van der Waals surface area contributed by atoms with Gasteiger partial charge in [-0.1, -0.05) is 48.5 Å². The van der Waals surface area contributed by atoms with Crippen molar-refractivity contribution in [2.24, 2.45) is 0 Å². The Morgan fingerprint density at radius 3 is 2.59 bits per heavy atom. The van der Waals surface area contributed by atoms with Crippen LogP contribution >= 0.6 is 0 Å². The SMILES string of the molecule is Cc1ccccc1CC(=O)Nc1ccc(N2CCc3ccccc3C2)nc1. The maximum Gasteiger partial charge on any atom is 0.228 e. The van der Waals surface area contributed by atoms with E-state index in [2.05, 4.69) is 39.5 Å². The summed E-state index contributed by atoms with van der Waals surface area (Å²) in [5, 5.41) is 2.94. The summed E-state index contributed by atoms with van der Waals surface area (Å²) in [6, 6.07) is 20.4. The number of pyridine rings is 1. The average Bonchev–Trinajstić information content (AvgIpc) is 2.70. The molecule has 136 valence electrons. The second kappa shape index (κ2) is 7.62. The number of nitrogens with zero attached hydrogens (tertiary/aromatic N) is 2. The van der Waals surface area contributed by atoms with Crippen molar-refractivity contribution in [3.8, 4) is 0 Å². The Kier molecular flexibility index (Phi) is 4.88. The lowest BCUT2D eigenvalue weighted by Gasteiger charge is -2.29. The molecule has 0 saturated carbocycles. The molecule has 0 spiro atoms. The van der Waals surface area contributed by atoms with Gasteiger partial charge in [0.05, 0.1) is 18.3 Å². The predicted molar refractivity (Wildman–Crippen MR) is 109 cm³/mol. The van der Waals surface area contributed by atoms with Crippen LogP contribution in [0.5, 0.6) is 0 Å². The third kappa shape index (κ3) is 4.00. The molecule has 0 fully saturated rings. The molecule has 1 aromatic heterocycles. The number of carbonyl (C=O) groups excluding carboxylic acids is 1. The molecule has 1 aliphatic heterocycles. The summed E-state index contributed by atoms with van der Waals surface area (Å²) >= 11 is 0. The van der Waals surface area contributed by atoms with Crippen LogP contribution in [0.1, 0.15) is 22.3 Å². The van der Waals surface area contributed by atoms with Crippen LogP contribution in [0.25, 0.3) is 0 Å². The molecule has 4 heteroatoms. The van der Waals surface area contributed by atoms with E-state index in [1.165, 1.54) is 11.1 Å². The molecule has 2 heterocycles. The highest BCUT2D eigenvalue weighted by Gasteiger charge is 2.17. The number of anilines is 2. The highest BCUT2D eigenvalue weighted by Crippen LogP contribution is 2.23. The number of hydrogen-bond donors (Lipinski definition) is 1. The lowest BCUT2D eigenvalue weighted by Crippen LogP contribution is -2.30. The molecule has 2 aromatic carbocycles. The van der Waals surface area contributed by atoms with Gasteiger partial charge in [0.25, 0.3) is 0 Å². The van der Waals surface area contributed by atoms with Crippen LogP contribution in [-0.2, 0) is 24.2 Å². The fourth-order valence-electron chi connectivity index (χ4n) is 3.52. The van der Waals surface area contributed by atoms with Crippen LogP contribution in [0.4, 0.5) is 11.5 Å². The number of rotatable bonds is 4. The molecule has 27 heavy (non-hydrogen) atoms. The van der Waals surface area contributed by atoms with Crippen molar-refractivity contribution < 1.29 is 4.79 Å². The topological polar surface area (TPSA) is 45.2 Å². The van der Waals surface area contributed by atoms with Crippen molar-refractivity contribution in [3.05, 3.63) is 89.1 Å². The molecule has 0 radical (unpaired) electrons. The van der Waals surface area contributed by atoms with Crippen molar-refractivity contribution in [1.29, 1.82) is 0 Å². The highest BCUT2D eigenvalue weighted by atomic mass is 16.1. The molecule has 0 atom stereocenters. The largest absolute Gasteiger partial charge is 0.352 e. The number of benzene rings is 2. The smallest absolute Gasteiger partial charge is 0.228 e. The minimum atomic E-state index is -0.0225. The lowest BCUT2D eigenvalue weighted by molar-refractivity contribution is -0.115. The predicted octanol–water partition coefficient (Wildman–Crippen LogP) is 4.13. The van der Waals surface area contributed by atoms with Crippen molar-refractivity contribution in [2.75, 3.05) is 16.8 Å². The summed E-state index contributed by atoms with van der Waals surface area (Å²) in [4.78, 5) is 19.2. The van der Waals surface area contributed by atoms with Crippen molar-refractivity contribution in [3.63, 3.8) is 0 Å². The van der Waals surface area contributed by atoms with Crippen LogP contribution in [0.3, 0.4) is 0 Å². The van der Waals surface area contributed by atoms with E-state index in [0.29, 0.717) is 6.42 Å². The number of fused-ring (bicyclic) bond motifs is 1. The Morgan fingerprint density at radius 2 is 1.81 bits per heavy atom. The molecule has 0 unspecified atom stereocenters. The molecule has 4 nitrogen and oxygen atoms in total. The van der Waals surface area contributed by atoms with E-state index in [-0.39, 0.29) is 5.91 Å². The average molecular weight is 357 g/mol. The van der Waals surface area contributed by atoms with E-state index >= 15 is 0 Å². The first-order valence-corrected chi connectivity index (χ1v) is 9.31. The van der Waals surface area contributed by atoms with Crippen molar-refractivity contribution in [1.82, 2.24) is 4.98 Å². The summed E-state index contributed by atoms with van der Waals surface area (Å²) < 4.78 is 0. The lowest BCUT2D eigenvalue weighted by atomic mass is 10.00. The Balaban J connectivity index is 1.39. The van der Waals surface area contributed by atoms with Crippen LogP contribution in [0, 0.1) is 6.92 Å².